The van der Waals surface area contributed by atoms with Crippen LogP contribution in [0.4, 0.5) is 0 Å². The first kappa shape index (κ1) is 17.1. The standard InChI is InChI=1S/C20H24N4O/c1-13(2)17-12-16(18-14(3)23-24(4)19(18)22-17)20(25)21-11-10-15-8-6-5-7-9-15/h5-9,12-13H,10-11H2,1-4H3,(H,21,25). The number of fused-ring (bicyclic) bond motifs is 1. The zero-order chi connectivity index (χ0) is 18.0. The van der Waals surface area contributed by atoms with Crippen molar-refractivity contribution in [2.24, 2.45) is 7.05 Å². The SMILES string of the molecule is Cc1nn(C)c2nc(C(C)C)cc(C(=O)NCCc3ccccc3)c12. The van der Waals surface area contributed by atoms with Gasteiger partial charge in [-0.25, -0.2) is 4.98 Å². The average molecular weight is 336 g/mol. The van der Waals surface area contributed by atoms with Crippen LogP contribution in [0.3, 0.4) is 0 Å². The van der Waals surface area contributed by atoms with Gasteiger partial charge in [-0.05, 0) is 30.9 Å². The molecule has 1 aromatic carbocycles. The Balaban J connectivity index is 1.87. The van der Waals surface area contributed by atoms with Gasteiger partial charge in [0, 0.05) is 19.3 Å². The number of benzene rings is 1. The van der Waals surface area contributed by atoms with E-state index in [-0.39, 0.29) is 11.8 Å². The van der Waals surface area contributed by atoms with Gasteiger partial charge >= 0.3 is 0 Å². The molecule has 3 aromatic rings. The molecule has 0 fully saturated rings. The van der Waals surface area contributed by atoms with Gasteiger partial charge in [-0.15, -0.1) is 0 Å². The van der Waals surface area contributed by atoms with Crippen LogP contribution in [0, 0.1) is 6.92 Å². The Morgan fingerprint density at radius 2 is 1.96 bits per heavy atom. The lowest BCUT2D eigenvalue weighted by atomic mass is 10.0. The minimum Gasteiger partial charge on any atom is -0.352 e. The fourth-order valence-corrected chi connectivity index (χ4v) is 3.00. The Morgan fingerprint density at radius 3 is 2.64 bits per heavy atom. The van der Waals surface area contributed by atoms with Crippen molar-refractivity contribution in [3.8, 4) is 0 Å². The third-order valence-corrected chi connectivity index (χ3v) is 4.37. The molecule has 130 valence electrons. The van der Waals surface area contributed by atoms with E-state index in [1.807, 2.05) is 38.2 Å². The van der Waals surface area contributed by atoms with Crippen LogP contribution >= 0.6 is 0 Å². The van der Waals surface area contributed by atoms with Gasteiger partial charge in [-0.3, -0.25) is 9.48 Å². The second-order valence-corrected chi connectivity index (χ2v) is 6.65. The summed E-state index contributed by atoms with van der Waals surface area (Å²) in [6, 6.07) is 12.1. The van der Waals surface area contributed by atoms with E-state index in [9.17, 15) is 4.79 Å². The summed E-state index contributed by atoms with van der Waals surface area (Å²) in [6.07, 6.45) is 0.809. The fourth-order valence-electron chi connectivity index (χ4n) is 3.00. The van der Waals surface area contributed by atoms with E-state index in [0.29, 0.717) is 12.1 Å². The molecule has 0 saturated carbocycles. The lowest BCUT2D eigenvalue weighted by Gasteiger charge is -2.11. The molecule has 0 aliphatic heterocycles. The van der Waals surface area contributed by atoms with Crippen molar-refractivity contribution in [1.82, 2.24) is 20.1 Å². The lowest BCUT2D eigenvalue weighted by molar-refractivity contribution is 0.0955. The van der Waals surface area contributed by atoms with Crippen LogP contribution in [0.5, 0.6) is 0 Å². The predicted octanol–water partition coefficient (Wildman–Crippen LogP) is 3.37. The Morgan fingerprint density at radius 1 is 1.24 bits per heavy atom. The van der Waals surface area contributed by atoms with Crippen LogP contribution in [0.15, 0.2) is 36.4 Å². The minimum absolute atomic E-state index is 0.0682. The quantitative estimate of drug-likeness (QED) is 0.777. The van der Waals surface area contributed by atoms with Crippen molar-refractivity contribution in [3.05, 3.63) is 58.9 Å². The zero-order valence-corrected chi connectivity index (χ0v) is 15.2. The molecule has 0 bridgehead atoms. The summed E-state index contributed by atoms with van der Waals surface area (Å²) in [7, 11) is 1.86. The van der Waals surface area contributed by atoms with Gasteiger partial charge in [-0.2, -0.15) is 5.10 Å². The summed E-state index contributed by atoms with van der Waals surface area (Å²) in [5.74, 6) is 0.178. The van der Waals surface area contributed by atoms with Crippen molar-refractivity contribution >= 4 is 16.9 Å². The first-order valence-corrected chi connectivity index (χ1v) is 8.63. The minimum atomic E-state index is -0.0682. The molecule has 0 aliphatic carbocycles. The van der Waals surface area contributed by atoms with Gasteiger partial charge in [0.2, 0.25) is 0 Å². The third kappa shape index (κ3) is 3.55. The molecule has 25 heavy (non-hydrogen) atoms. The maximum Gasteiger partial charge on any atom is 0.252 e. The molecule has 0 aliphatic rings. The predicted molar refractivity (Wildman–Crippen MR) is 99.8 cm³/mol. The monoisotopic (exact) mass is 336 g/mol. The van der Waals surface area contributed by atoms with E-state index < -0.39 is 0 Å². The Hall–Kier alpha value is -2.69. The number of amides is 1. The average Bonchev–Trinajstić information content (AvgIpc) is 2.89. The van der Waals surface area contributed by atoms with Gasteiger partial charge in [0.25, 0.3) is 5.91 Å². The molecule has 0 spiro atoms. The molecule has 0 saturated heterocycles. The Bertz CT molecular complexity index is 897. The largest absolute Gasteiger partial charge is 0.352 e. The van der Waals surface area contributed by atoms with Crippen LogP contribution in [0.25, 0.3) is 11.0 Å². The van der Waals surface area contributed by atoms with E-state index in [4.69, 9.17) is 0 Å². The van der Waals surface area contributed by atoms with Crippen molar-refractivity contribution in [2.45, 2.75) is 33.1 Å². The topological polar surface area (TPSA) is 59.8 Å². The van der Waals surface area contributed by atoms with Crippen LogP contribution in [-0.2, 0) is 13.5 Å². The normalized spacial score (nSPS) is 11.2. The number of hydrogen-bond donors (Lipinski definition) is 1. The summed E-state index contributed by atoms with van der Waals surface area (Å²) in [5, 5.41) is 8.31. The van der Waals surface area contributed by atoms with E-state index in [1.165, 1.54) is 5.56 Å². The van der Waals surface area contributed by atoms with Crippen LogP contribution in [-0.4, -0.2) is 27.2 Å². The highest BCUT2D eigenvalue weighted by Gasteiger charge is 2.19. The molecule has 2 heterocycles. The van der Waals surface area contributed by atoms with Crippen molar-refractivity contribution in [2.75, 3.05) is 6.54 Å². The van der Waals surface area contributed by atoms with E-state index in [0.717, 1.165) is 28.8 Å². The molecule has 1 N–H and O–H groups in total. The highest BCUT2D eigenvalue weighted by Crippen LogP contribution is 2.24. The smallest absolute Gasteiger partial charge is 0.252 e. The number of nitrogens with one attached hydrogen (secondary N) is 1. The number of carbonyl (C=O) groups excluding carboxylic acids is 1. The zero-order valence-electron chi connectivity index (χ0n) is 15.2. The van der Waals surface area contributed by atoms with Crippen molar-refractivity contribution < 1.29 is 4.79 Å². The van der Waals surface area contributed by atoms with Crippen molar-refractivity contribution in [1.29, 1.82) is 0 Å². The van der Waals surface area contributed by atoms with E-state index >= 15 is 0 Å². The molecule has 5 nitrogen and oxygen atoms in total. The fraction of sp³-hybridized carbons (Fsp3) is 0.350. The molecule has 1 amide bonds. The Labute approximate surface area is 148 Å². The highest BCUT2D eigenvalue weighted by atomic mass is 16.1. The van der Waals surface area contributed by atoms with E-state index in [1.54, 1.807) is 4.68 Å². The van der Waals surface area contributed by atoms with Gasteiger partial charge in [0.15, 0.2) is 5.65 Å². The first-order valence-electron chi connectivity index (χ1n) is 8.63. The van der Waals surface area contributed by atoms with Crippen LogP contribution in [0.2, 0.25) is 0 Å². The number of carbonyl (C=O) groups is 1. The number of hydrogen-bond acceptors (Lipinski definition) is 3. The summed E-state index contributed by atoms with van der Waals surface area (Å²) >= 11 is 0. The number of pyridine rings is 1. The molecule has 0 atom stereocenters. The third-order valence-electron chi connectivity index (χ3n) is 4.37. The first-order chi connectivity index (χ1) is 12.0. The Kier molecular flexibility index (Phi) is 4.83. The molecule has 2 aromatic heterocycles. The van der Waals surface area contributed by atoms with Crippen LogP contribution in [0.1, 0.15) is 47.1 Å². The maximum absolute atomic E-state index is 12.8. The highest BCUT2D eigenvalue weighted by molar-refractivity contribution is 6.06. The number of aromatic nitrogens is 3. The molecule has 0 unspecified atom stereocenters. The second kappa shape index (κ2) is 7.05. The number of nitrogens with zero attached hydrogens (tertiary/aromatic N) is 3. The second-order valence-electron chi connectivity index (χ2n) is 6.65. The maximum atomic E-state index is 12.8. The van der Waals surface area contributed by atoms with Gasteiger partial charge < -0.3 is 5.32 Å². The number of rotatable bonds is 5. The molecule has 3 rings (SSSR count). The van der Waals surface area contributed by atoms with Gasteiger partial charge in [0.05, 0.1) is 16.6 Å². The summed E-state index contributed by atoms with van der Waals surface area (Å²) in [5.41, 5.74) is 4.37. The van der Waals surface area contributed by atoms with Gasteiger partial charge in [-0.1, -0.05) is 44.2 Å². The molecular formula is C20H24N4O. The molecular weight excluding hydrogens is 312 g/mol. The van der Waals surface area contributed by atoms with Crippen molar-refractivity contribution in [3.63, 3.8) is 0 Å². The van der Waals surface area contributed by atoms with E-state index in [2.05, 4.69) is 41.4 Å². The lowest BCUT2D eigenvalue weighted by Crippen LogP contribution is -2.26. The summed E-state index contributed by atoms with van der Waals surface area (Å²) in [4.78, 5) is 17.5. The molecule has 5 heteroatoms. The van der Waals surface area contributed by atoms with Crippen LogP contribution < -0.4 is 5.32 Å². The summed E-state index contributed by atoms with van der Waals surface area (Å²) < 4.78 is 1.75. The summed E-state index contributed by atoms with van der Waals surface area (Å²) in [6.45, 7) is 6.67. The number of aryl methyl sites for hydroxylation is 2. The molecule has 0 radical (unpaired) electrons. The van der Waals surface area contributed by atoms with Gasteiger partial charge in [0.1, 0.15) is 0 Å².